The van der Waals surface area contributed by atoms with E-state index in [-0.39, 0.29) is 0 Å². The van der Waals surface area contributed by atoms with Crippen LogP contribution in [0.1, 0.15) is 37.0 Å². The predicted molar refractivity (Wildman–Crippen MR) is 93.6 cm³/mol. The highest BCUT2D eigenvalue weighted by molar-refractivity contribution is 7.89. The van der Waals surface area contributed by atoms with E-state index < -0.39 is 10.0 Å². The van der Waals surface area contributed by atoms with Crippen LogP contribution in [-0.2, 0) is 30.0 Å². The molecule has 0 atom stereocenters. The fourth-order valence-corrected chi connectivity index (χ4v) is 5.44. The van der Waals surface area contributed by atoms with Crippen LogP contribution in [-0.4, -0.2) is 50.4 Å². The van der Waals surface area contributed by atoms with Crippen LogP contribution in [0, 0.1) is 19.8 Å². The van der Waals surface area contributed by atoms with Gasteiger partial charge in [0.1, 0.15) is 17.0 Å². The summed E-state index contributed by atoms with van der Waals surface area (Å²) in [7, 11) is -1.71. The van der Waals surface area contributed by atoms with Crippen molar-refractivity contribution in [1.82, 2.24) is 28.9 Å². The largest absolute Gasteiger partial charge is 0.318 e. The van der Waals surface area contributed by atoms with Crippen molar-refractivity contribution in [1.29, 1.82) is 0 Å². The highest BCUT2D eigenvalue weighted by atomic mass is 32.2. The van der Waals surface area contributed by atoms with Gasteiger partial charge in [-0.15, -0.1) is 10.2 Å². The van der Waals surface area contributed by atoms with Gasteiger partial charge >= 0.3 is 0 Å². The zero-order valence-corrected chi connectivity index (χ0v) is 16.1. The minimum atomic E-state index is -3.48. The van der Waals surface area contributed by atoms with Gasteiger partial charge in [-0.3, -0.25) is 4.68 Å². The van der Waals surface area contributed by atoms with Crippen molar-refractivity contribution in [2.24, 2.45) is 13.0 Å². The minimum Gasteiger partial charge on any atom is -0.318 e. The molecular formula is C16H26N6O2S. The zero-order valence-electron chi connectivity index (χ0n) is 15.3. The molecule has 1 fully saturated rings. The van der Waals surface area contributed by atoms with Gasteiger partial charge in [0, 0.05) is 33.1 Å². The summed E-state index contributed by atoms with van der Waals surface area (Å²) >= 11 is 0. The van der Waals surface area contributed by atoms with E-state index in [9.17, 15) is 8.42 Å². The van der Waals surface area contributed by atoms with Crippen molar-refractivity contribution in [3.05, 3.63) is 23.5 Å². The third kappa shape index (κ3) is 3.35. The number of rotatable bonds is 5. The van der Waals surface area contributed by atoms with E-state index in [2.05, 4.69) is 22.2 Å². The zero-order chi connectivity index (χ0) is 18.2. The highest BCUT2D eigenvalue weighted by Gasteiger charge is 2.33. The van der Waals surface area contributed by atoms with Crippen molar-refractivity contribution in [2.45, 2.75) is 51.5 Å². The second kappa shape index (κ2) is 6.87. The van der Waals surface area contributed by atoms with Crippen LogP contribution < -0.4 is 0 Å². The Morgan fingerprint density at radius 2 is 1.92 bits per heavy atom. The summed E-state index contributed by atoms with van der Waals surface area (Å²) in [5, 5.41) is 12.4. The van der Waals surface area contributed by atoms with Gasteiger partial charge < -0.3 is 4.57 Å². The Balaban J connectivity index is 1.69. The van der Waals surface area contributed by atoms with Crippen molar-refractivity contribution >= 4 is 10.0 Å². The maximum Gasteiger partial charge on any atom is 0.246 e. The van der Waals surface area contributed by atoms with Crippen LogP contribution in [0.3, 0.4) is 0 Å². The molecule has 0 spiro atoms. The molecule has 0 amide bonds. The second-order valence-electron chi connectivity index (χ2n) is 6.71. The predicted octanol–water partition coefficient (Wildman–Crippen LogP) is 1.29. The summed E-state index contributed by atoms with van der Waals surface area (Å²) in [4.78, 5) is 0.360. The number of hydrogen-bond donors (Lipinski definition) is 0. The fraction of sp³-hybridized carbons (Fsp3) is 0.688. The summed E-state index contributed by atoms with van der Waals surface area (Å²) in [5.41, 5.74) is 1.26. The third-order valence-corrected chi connectivity index (χ3v) is 7.27. The lowest BCUT2D eigenvalue weighted by atomic mass is 9.94. The molecule has 3 rings (SSSR count). The number of aromatic nitrogens is 5. The molecule has 2 aromatic heterocycles. The van der Waals surface area contributed by atoms with Crippen LogP contribution in [0.15, 0.2) is 11.2 Å². The molecule has 25 heavy (non-hydrogen) atoms. The van der Waals surface area contributed by atoms with Crippen LogP contribution in [0.4, 0.5) is 0 Å². The Morgan fingerprint density at radius 1 is 1.24 bits per heavy atom. The van der Waals surface area contributed by atoms with Gasteiger partial charge in [-0.1, -0.05) is 0 Å². The van der Waals surface area contributed by atoms with Gasteiger partial charge in [-0.25, -0.2) is 8.42 Å². The maximum atomic E-state index is 13.0. The molecule has 2 aromatic rings. The lowest BCUT2D eigenvalue weighted by Crippen LogP contribution is -2.39. The van der Waals surface area contributed by atoms with Gasteiger partial charge in [-0.05, 0) is 39.5 Å². The molecule has 9 heteroatoms. The lowest BCUT2D eigenvalue weighted by molar-refractivity contribution is 0.268. The van der Waals surface area contributed by atoms with Crippen LogP contribution in [0.2, 0.25) is 0 Å². The van der Waals surface area contributed by atoms with Crippen LogP contribution in [0.25, 0.3) is 0 Å². The topological polar surface area (TPSA) is 85.9 Å². The summed E-state index contributed by atoms with van der Waals surface area (Å²) in [5.74, 6) is 1.43. The fourth-order valence-electron chi connectivity index (χ4n) is 3.57. The molecule has 0 N–H and O–H groups in total. The van der Waals surface area contributed by atoms with E-state index >= 15 is 0 Å². The van der Waals surface area contributed by atoms with E-state index in [1.807, 2.05) is 4.57 Å². The Morgan fingerprint density at radius 3 is 2.48 bits per heavy atom. The Bertz CT molecular complexity index is 846. The standard InChI is InChI=1S/C16H26N6O2S/c1-5-21-11-17-18-15(21)10-14-6-8-22(9-7-14)25(23,24)16-12(2)19-20(4)13(16)3/h11,14H,5-10H2,1-4H3. The maximum absolute atomic E-state index is 13.0. The molecule has 1 aliphatic rings. The highest BCUT2D eigenvalue weighted by Crippen LogP contribution is 2.28. The van der Waals surface area contributed by atoms with E-state index in [4.69, 9.17) is 0 Å². The molecule has 0 radical (unpaired) electrons. The Kier molecular flexibility index (Phi) is 4.97. The summed E-state index contributed by atoms with van der Waals surface area (Å²) < 4.78 is 31.3. The number of sulfonamides is 1. The number of hydrogen-bond acceptors (Lipinski definition) is 5. The first-order valence-electron chi connectivity index (χ1n) is 8.71. The molecule has 0 aromatic carbocycles. The molecular weight excluding hydrogens is 340 g/mol. The molecule has 1 saturated heterocycles. The van der Waals surface area contributed by atoms with Crippen LogP contribution >= 0.6 is 0 Å². The van der Waals surface area contributed by atoms with Crippen molar-refractivity contribution < 1.29 is 8.42 Å². The van der Waals surface area contributed by atoms with E-state index in [1.165, 1.54) is 0 Å². The first kappa shape index (κ1) is 18.1. The summed E-state index contributed by atoms with van der Waals surface area (Å²) in [6.07, 6.45) is 4.29. The molecule has 3 heterocycles. The van der Waals surface area contributed by atoms with Gasteiger partial charge in [-0.2, -0.15) is 9.40 Å². The third-order valence-electron chi connectivity index (χ3n) is 5.12. The average Bonchev–Trinajstić information content (AvgIpc) is 3.12. The number of aryl methyl sites for hydroxylation is 3. The van der Waals surface area contributed by atoms with Gasteiger partial charge in [0.15, 0.2) is 0 Å². The number of nitrogens with zero attached hydrogens (tertiary/aromatic N) is 6. The SMILES string of the molecule is CCn1cnnc1CC1CCN(S(=O)(=O)c2c(C)nn(C)c2C)CC1. The first-order valence-corrected chi connectivity index (χ1v) is 10.2. The van der Waals surface area contributed by atoms with Crippen molar-refractivity contribution in [3.8, 4) is 0 Å². The van der Waals surface area contributed by atoms with Gasteiger partial charge in [0.25, 0.3) is 0 Å². The van der Waals surface area contributed by atoms with Crippen molar-refractivity contribution in [3.63, 3.8) is 0 Å². The summed E-state index contributed by atoms with van der Waals surface area (Å²) in [6, 6.07) is 0. The Hall–Kier alpha value is -1.74. The second-order valence-corrected chi connectivity index (χ2v) is 8.58. The van der Waals surface area contributed by atoms with E-state index in [0.717, 1.165) is 31.6 Å². The molecule has 0 unspecified atom stereocenters. The molecule has 138 valence electrons. The quantitative estimate of drug-likeness (QED) is 0.796. The average molecular weight is 366 g/mol. The smallest absolute Gasteiger partial charge is 0.246 e. The minimum absolute atomic E-state index is 0.360. The molecule has 0 aliphatic carbocycles. The van der Waals surface area contributed by atoms with Crippen LogP contribution in [0.5, 0.6) is 0 Å². The van der Waals surface area contributed by atoms with Gasteiger partial charge in [0.2, 0.25) is 10.0 Å². The monoisotopic (exact) mass is 366 g/mol. The summed E-state index contributed by atoms with van der Waals surface area (Å²) in [6.45, 7) is 7.57. The van der Waals surface area contributed by atoms with Crippen molar-refractivity contribution in [2.75, 3.05) is 13.1 Å². The van der Waals surface area contributed by atoms with E-state index in [0.29, 0.717) is 35.3 Å². The Labute approximate surface area is 148 Å². The normalized spacial score (nSPS) is 17.3. The molecule has 8 nitrogen and oxygen atoms in total. The molecule has 1 aliphatic heterocycles. The van der Waals surface area contributed by atoms with Gasteiger partial charge in [0.05, 0.1) is 11.4 Å². The molecule has 0 saturated carbocycles. The molecule has 0 bridgehead atoms. The first-order chi connectivity index (χ1) is 11.8. The van der Waals surface area contributed by atoms with E-state index in [1.54, 1.807) is 36.2 Å². The lowest BCUT2D eigenvalue weighted by Gasteiger charge is -2.31. The number of piperidine rings is 1.